The quantitative estimate of drug-likeness (QED) is 0.584. The van der Waals surface area contributed by atoms with Crippen molar-refractivity contribution in [1.82, 2.24) is 0 Å². The van der Waals surface area contributed by atoms with Gasteiger partial charge in [-0.1, -0.05) is 31.1 Å². The Hall–Kier alpha value is -0.660. The van der Waals surface area contributed by atoms with Crippen LogP contribution in [0.15, 0.2) is 24.3 Å². The third kappa shape index (κ3) is 1.67. The summed E-state index contributed by atoms with van der Waals surface area (Å²) < 4.78 is 26.8. The Morgan fingerprint density at radius 3 is 2.38 bits per heavy atom. The fraction of sp³-hybridized carbons (Fsp3) is 0.636. The lowest BCUT2D eigenvalue weighted by molar-refractivity contribution is -0.0134. The van der Waals surface area contributed by atoms with E-state index in [1.807, 2.05) is 0 Å². The highest BCUT2D eigenvalue weighted by molar-refractivity contribution is 5.19. The molecule has 72 valence electrons. The summed E-state index contributed by atoms with van der Waals surface area (Å²) in [5.41, 5.74) is 0. The second-order valence-electron chi connectivity index (χ2n) is 3.99. The minimum Gasteiger partial charge on any atom is -0.201 e. The zero-order chi connectivity index (χ0) is 9.31. The van der Waals surface area contributed by atoms with Crippen molar-refractivity contribution in [2.75, 3.05) is 0 Å². The number of hydrogen-bond acceptors (Lipinski definition) is 0. The molecule has 0 amide bonds. The van der Waals surface area contributed by atoms with Crippen LogP contribution in [0.5, 0.6) is 0 Å². The zero-order valence-electron chi connectivity index (χ0n) is 7.55. The molecule has 0 aromatic heterocycles. The van der Waals surface area contributed by atoms with Crippen LogP contribution in [-0.4, -0.2) is 5.92 Å². The van der Waals surface area contributed by atoms with Gasteiger partial charge < -0.3 is 0 Å². The molecule has 0 aromatic rings. The van der Waals surface area contributed by atoms with E-state index in [0.29, 0.717) is 0 Å². The third-order valence-corrected chi connectivity index (χ3v) is 3.10. The molecule has 0 aliphatic heterocycles. The average Bonchev–Trinajstić information content (AvgIpc) is 2.55. The van der Waals surface area contributed by atoms with E-state index in [4.69, 9.17) is 0 Å². The third-order valence-electron chi connectivity index (χ3n) is 3.10. The van der Waals surface area contributed by atoms with E-state index >= 15 is 0 Å². The van der Waals surface area contributed by atoms with E-state index in [0.717, 1.165) is 31.8 Å². The molecule has 0 saturated heterocycles. The molecule has 1 atom stereocenters. The van der Waals surface area contributed by atoms with Crippen molar-refractivity contribution in [3.63, 3.8) is 0 Å². The number of alkyl halides is 2. The second-order valence-corrected chi connectivity index (χ2v) is 3.99. The molecule has 13 heavy (non-hydrogen) atoms. The first kappa shape index (κ1) is 8.92. The molecule has 1 saturated carbocycles. The van der Waals surface area contributed by atoms with Crippen LogP contribution in [0, 0.1) is 11.8 Å². The molecule has 2 heteroatoms. The molecule has 0 N–H and O–H groups in total. The fourth-order valence-electron chi connectivity index (χ4n) is 2.40. The van der Waals surface area contributed by atoms with Gasteiger partial charge in [0.05, 0.1) is 0 Å². The Morgan fingerprint density at radius 1 is 1.08 bits per heavy atom. The first-order chi connectivity index (χ1) is 6.20. The maximum absolute atomic E-state index is 13.4. The van der Waals surface area contributed by atoms with E-state index in [9.17, 15) is 8.78 Å². The van der Waals surface area contributed by atoms with Gasteiger partial charge in [0.1, 0.15) is 0 Å². The van der Waals surface area contributed by atoms with Crippen molar-refractivity contribution in [2.45, 2.75) is 31.6 Å². The first-order valence-corrected chi connectivity index (χ1v) is 4.94. The molecule has 0 aromatic carbocycles. The van der Waals surface area contributed by atoms with Gasteiger partial charge in [0.15, 0.2) is 0 Å². The summed E-state index contributed by atoms with van der Waals surface area (Å²) in [7, 11) is 0. The molecule has 0 heterocycles. The van der Waals surface area contributed by atoms with Crippen LogP contribution in [0.4, 0.5) is 8.78 Å². The summed E-state index contributed by atoms with van der Waals surface area (Å²) in [6, 6.07) is 0. The van der Waals surface area contributed by atoms with Gasteiger partial charge in [-0.25, -0.2) is 8.78 Å². The van der Waals surface area contributed by atoms with Crippen LogP contribution in [0.1, 0.15) is 25.7 Å². The van der Waals surface area contributed by atoms with E-state index in [1.165, 1.54) is 6.08 Å². The van der Waals surface area contributed by atoms with Crippen molar-refractivity contribution in [3.05, 3.63) is 24.3 Å². The molecule has 0 spiro atoms. The lowest BCUT2D eigenvalue weighted by Gasteiger charge is -2.28. The van der Waals surface area contributed by atoms with Gasteiger partial charge in [-0.15, -0.1) is 0 Å². The lowest BCUT2D eigenvalue weighted by atomic mass is 9.83. The number of halogens is 2. The summed E-state index contributed by atoms with van der Waals surface area (Å²) in [6.07, 6.45) is 10.1. The van der Waals surface area contributed by atoms with Gasteiger partial charge in [0.25, 0.3) is 5.92 Å². The molecular weight excluding hydrogens is 170 g/mol. The van der Waals surface area contributed by atoms with Gasteiger partial charge >= 0.3 is 0 Å². The molecule has 0 nitrogen and oxygen atoms in total. The highest BCUT2D eigenvalue weighted by atomic mass is 19.3. The van der Waals surface area contributed by atoms with Gasteiger partial charge in [-0.05, 0) is 24.8 Å². The van der Waals surface area contributed by atoms with Crippen LogP contribution >= 0.6 is 0 Å². The predicted molar refractivity (Wildman–Crippen MR) is 48.7 cm³/mol. The SMILES string of the molecule is FC1(F)C=CC=CC1C1CCCC1. The van der Waals surface area contributed by atoms with E-state index in [2.05, 4.69) is 0 Å². The summed E-state index contributed by atoms with van der Waals surface area (Å²) in [5.74, 6) is -2.94. The second kappa shape index (κ2) is 3.24. The highest BCUT2D eigenvalue weighted by Gasteiger charge is 2.41. The van der Waals surface area contributed by atoms with Gasteiger partial charge in [-0.2, -0.15) is 0 Å². The Morgan fingerprint density at radius 2 is 1.77 bits per heavy atom. The first-order valence-electron chi connectivity index (χ1n) is 4.94. The Kier molecular flexibility index (Phi) is 2.22. The summed E-state index contributed by atoms with van der Waals surface area (Å²) in [4.78, 5) is 0. The standard InChI is InChI=1S/C11H14F2/c12-11(13)8-4-3-7-10(11)9-5-1-2-6-9/h3-4,7-10H,1-2,5-6H2. The van der Waals surface area contributed by atoms with Crippen LogP contribution in [0.25, 0.3) is 0 Å². The fourth-order valence-corrected chi connectivity index (χ4v) is 2.40. The largest absolute Gasteiger partial charge is 0.273 e. The molecule has 2 rings (SSSR count). The molecule has 0 radical (unpaired) electrons. The molecule has 1 fully saturated rings. The number of hydrogen-bond donors (Lipinski definition) is 0. The van der Waals surface area contributed by atoms with Gasteiger partial charge in [0, 0.05) is 5.92 Å². The molecule has 2 aliphatic carbocycles. The minimum atomic E-state index is -2.61. The van der Waals surface area contributed by atoms with Crippen molar-refractivity contribution < 1.29 is 8.78 Å². The van der Waals surface area contributed by atoms with Crippen LogP contribution < -0.4 is 0 Å². The van der Waals surface area contributed by atoms with E-state index < -0.39 is 11.8 Å². The molecule has 1 unspecified atom stereocenters. The van der Waals surface area contributed by atoms with Crippen LogP contribution in [-0.2, 0) is 0 Å². The van der Waals surface area contributed by atoms with Crippen LogP contribution in [0.3, 0.4) is 0 Å². The maximum Gasteiger partial charge on any atom is 0.273 e. The lowest BCUT2D eigenvalue weighted by Crippen LogP contribution is -2.31. The van der Waals surface area contributed by atoms with E-state index in [1.54, 1.807) is 12.2 Å². The number of allylic oxidation sites excluding steroid dienone is 4. The smallest absolute Gasteiger partial charge is 0.201 e. The highest BCUT2D eigenvalue weighted by Crippen LogP contribution is 2.42. The summed E-state index contributed by atoms with van der Waals surface area (Å²) >= 11 is 0. The number of rotatable bonds is 1. The van der Waals surface area contributed by atoms with Crippen molar-refractivity contribution in [1.29, 1.82) is 0 Å². The van der Waals surface area contributed by atoms with Crippen LogP contribution in [0.2, 0.25) is 0 Å². The topological polar surface area (TPSA) is 0 Å². The van der Waals surface area contributed by atoms with Gasteiger partial charge in [0.2, 0.25) is 0 Å². The minimum absolute atomic E-state index is 0.205. The summed E-state index contributed by atoms with van der Waals surface area (Å²) in [5, 5.41) is 0. The molecule has 0 bridgehead atoms. The maximum atomic E-state index is 13.4. The monoisotopic (exact) mass is 184 g/mol. The van der Waals surface area contributed by atoms with Crippen molar-refractivity contribution in [2.24, 2.45) is 11.8 Å². The predicted octanol–water partition coefficient (Wildman–Crippen LogP) is 3.55. The van der Waals surface area contributed by atoms with Crippen molar-refractivity contribution in [3.8, 4) is 0 Å². The Labute approximate surface area is 77.3 Å². The molecular formula is C11H14F2. The normalized spacial score (nSPS) is 32.6. The zero-order valence-corrected chi connectivity index (χ0v) is 7.55. The Bertz CT molecular complexity index is 234. The summed E-state index contributed by atoms with van der Waals surface area (Å²) in [6.45, 7) is 0. The van der Waals surface area contributed by atoms with E-state index in [-0.39, 0.29) is 5.92 Å². The van der Waals surface area contributed by atoms with Crippen molar-refractivity contribution >= 4 is 0 Å². The molecule has 2 aliphatic rings. The average molecular weight is 184 g/mol. The van der Waals surface area contributed by atoms with Gasteiger partial charge in [-0.3, -0.25) is 0 Å². The Balaban J connectivity index is 2.12.